The number of nitrogens with zero attached hydrogens (tertiary/aromatic N) is 4. The number of anilines is 1. The van der Waals surface area contributed by atoms with Gasteiger partial charge < -0.3 is 16.2 Å². The van der Waals surface area contributed by atoms with Crippen LogP contribution in [0.15, 0.2) is 5.57 Å². The number of nitrogens with two attached hydrogens (primary N) is 2. The molecule has 1 saturated heterocycles. The van der Waals surface area contributed by atoms with Gasteiger partial charge in [-0.05, 0) is 57.2 Å². The number of carbonyl (C=O) groups is 1. The highest BCUT2D eigenvalue weighted by atomic mass is 16.5. The Hall–Kier alpha value is -2.66. The molecule has 0 aromatic carbocycles. The number of ether oxygens (including phenoxy) is 1. The van der Waals surface area contributed by atoms with Gasteiger partial charge in [-0.1, -0.05) is 26.2 Å². The Kier molecular flexibility index (Phi) is 8.24. The van der Waals surface area contributed by atoms with Crippen LogP contribution in [-0.4, -0.2) is 46.5 Å². The predicted molar refractivity (Wildman–Crippen MR) is 120 cm³/mol. The molecule has 1 amide bonds. The number of hydrogen-bond donors (Lipinski definition) is 2. The number of rotatable bonds is 11. The van der Waals surface area contributed by atoms with E-state index in [2.05, 4.69) is 27.9 Å². The number of carbonyl (C=O) groups excluding carboxylic acids is 1. The predicted octanol–water partition coefficient (Wildman–Crippen LogP) is 2.97. The van der Waals surface area contributed by atoms with Gasteiger partial charge in [-0.2, -0.15) is 15.2 Å². The normalized spacial score (nSPS) is 18.6. The molecule has 3 rings (SSSR count). The first-order valence-corrected chi connectivity index (χ1v) is 11.5. The van der Waals surface area contributed by atoms with Gasteiger partial charge in [0.2, 0.25) is 5.91 Å². The Morgan fingerprint density at radius 3 is 2.84 bits per heavy atom. The first kappa shape index (κ1) is 23.0. The zero-order chi connectivity index (χ0) is 22.2. The second kappa shape index (κ2) is 11.1. The third kappa shape index (κ3) is 5.73. The molecule has 168 valence electrons. The van der Waals surface area contributed by atoms with Crippen molar-refractivity contribution in [3.63, 3.8) is 0 Å². The second-order valence-corrected chi connectivity index (χ2v) is 8.43. The SMILES string of the molecule is CCCCOc1nc(N)c2c(n1)C(CCCCCN1CCCCC1C(N)=O)=C(C#N)C2. The van der Waals surface area contributed by atoms with Gasteiger partial charge in [0, 0.05) is 17.6 Å². The van der Waals surface area contributed by atoms with Crippen molar-refractivity contribution in [2.24, 2.45) is 5.73 Å². The van der Waals surface area contributed by atoms with E-state index in [1.54, 1.807) is 0 Å². The molecular weight excluding hydrogens is 392 g/mol. The van der Waals surface area contributed by atoms with Gasteiger partial charge >= 0.3 is 6.01 Å². The van der Waals surface area contributed by atoms with Crippen LogP contribution in [0.4, 0.5) is 5.82 Å². The first-order chi connectivity index (χ1) is 15.0. The standard InChI is InChI=1S/C23H34N6O2/c1-2-3-13-31-23-27-20-17(16(15-24)14-18(20)21(25)28-23)9-5-4-7-11-29-12-8-6-10-19(29)22(26)30/h19H,2-14H2,1H3,(H2,26,30)(H2,25,27,28). The molecule has 1 aliphatic carbocycles. The van der Waals surface area contributed by atoms with Gasteiger partial charge in [0.1, 0.15) is 5.82 Å². The highest BCUT2D eigenvalue weighted by molar-refractivity contribution is 5.80. The van der Waals surface area contributed by atoms with E-state index < -0.39 is 0 Å². The highest BCUT2D eigenvalue weighted by Crippen LogP contribution is 2.37. The summed E-state index contributed by atoms with van der Waals surface area (Å²) in [5.41, 5.74) is 15.0. The molecule has 2 heterocycles. The third-order valence-corrected chi connectivity index (χ3v) is 6.20. The average molecular weight is 427 g/mol. The van der Waals surface area contributed by atoms with E-state index in [0.29, 0.717) is 24.9 Å². The number of allylic oxidation sites excluding steroid dienone is 2. The van der Waals surface area contributed by atoms with E-state index in [0.717, 1.165) is 93.3 Å². The van der Waals surface area contributed by atoms with E-state index in [-0.39, 0.29) is 11.9 Å². The fourth-order valence-electron chi connectivity index (χ4n) is 4.45. The van der Waals surface area contributed by atoms with Gasteiger partial charge in [-0.3, -0.25) is 9.69 Å². The lowest BCUT2D eigenvalue weighted by Gasteiger charge is -2.33. The van der Waals surface area contributed by atoms with Crippen LogP contribution in [-0.2, 0) is 11.2 Å². The van der Waals surface area contributed by atoms with Gasteiger partial charge in [0.15, 0.2) is 0 Å². The van der Waals surface area contributed by atoms with Crippen molar-refractivity contribution in [1.82, 2.24) is 14.9 Å². The van der Waals surface area contributed by atoms with Crippen molar-refractivity contribution in [1.29, 1.82) is 5.26 Å². The summed E-state index contributed by atoms with van der Waals surface area (Å²) in [7, 11) is 0. The molecule has 1 unspecified atom stereocenters. The molecule has 8 heteroatoms. The molecule has 1 fully saturated rings. The molecule has 2 aliphatic rings. The maximum atomic E-state index is 11.7. The second-order valence-electron chi connectivity index (χ2n) is 8.43. The summed E-state index contributed by atoms with van der Waals surface area (Å²) in [5.74, 6) is 0.196. The average Bonchev–Trinajstić information content (AvgIpc) is 3.12. The minimum atomic E-state index is -0.208. The zero-order valence-corrected chi connectivity index (χ0v) is 18.5. The van der Waals surface area contributed by atoms with Crippen molar-refractivity contribution in [3.05, 3.63) is 16.8 Å². The van der Waals surface area contributed by atoms with Gasteiger partial charge in [0.05, 0.1) is 24.4 Å². The summed E-state index contributed by atoms with van der Waals surface area (Å²) in [5, 5.41) is 9.62. The Balaban J connectivity index is 1.56. The minimum absolute atomic E-state index is 0.117. The molecular formula is C23H34N6O2. The molecule has 1 aliphatic heterocycles. The number of aromatic nitrogens is 2. The van der Waals surface area contributed by atoms with E-state index in [4.69, 9.17) is 16.2 Å². The largest absolute Gasteiger partial charge is 0.463 e. The topological polar surface area (TPSA) is 131 Å². The highest BCUT2D eigenvalue weighted by Gasteiger charge is 2.28. The van der Waals surface area contributed by atoms with Gasteiger partial charge in [-0.25, -0.2) is 0 Å². The Labute approximate surface area is 184 Å². The maximum absolute atomic E-state index is 11.7. The molecule has 4 N–H and O–H groups in total. The number of nitriles is 1. The molecule has 0 radical (unpaired) electrons. The fourth-order valence-corrected chi connectivity index (χ4v) is 4.45. The van der Waals surface area contributed by atoms with Gasteiger partial charge in [0.25, 0.3) is 0 Å². The Morgan fingerprint density at radius 1 is 1.26 bits per heavy atom. The summed E-state index contributed by atoms with van der Waals surface area (Å²) >= 11 is 0. The number of unbranched alkanes of at least 4 members (excludes halogenated alkanes) is 3. The van der Waals surface area contributed by atoms with Crippen LogP contribution in [0.25, 0.3) is 5.57 Å². The molecule has 1 atom stereocenters. The summed E-state index contributed by atoms with van der Waals surface area (Å²) in [6, 6.07) is 2.51. The fraction of sp³-hybridized carbons (Fsp3) is 0.652. The van der Waals surface area contributed by atoms with Crippen molar-refractivity contribution >= 4 is 17.3 Å². The smallest absolute Gasteiger partial charge is 0.318 e. The summed E-state index contributed by atoms with van der Waals surface area (Å²) < 4.78 is 5.66. The Bertz CT molecular complexity index is 860. The first-order valence-electron chi connectivity index (χ1n) is 11.5. The van der Waals surface area contributed by atoms with Crippen molar-refractivity contribution in [2.75, 3.05) is 25.4 Å². The number of piperidine rings is 1. The molecule has 31 heavy (non-hydrogen) atoms. The lowest BCUT2D eigenvalue weighted by molar-refractivity contribution is -0.124. The molecule has 1 aromatic heterocycles. The molecule has 1 aromatic rings. The van der Waals surface area contributed by atoms with Crippen molar-refractivity contribution in [3.8, 4) is 12.1 Å². The monoisotopic (exact) mass is 426 g/mol. The van der Waals surface area contributed by atoms with Crippen LogP contribution in [0.3, 0.4) is 0 Å². The van der Waals surface area contributed by atoms with Crippen LogP contribution in [0.1, 0.15) is 76.0 Å². The molecule has 0 spiro atoms. The van der Waals surface area contributed by atoms with E-state index >= 15 is 0 Å². The molecule has 0 bridgehead atoms. The number of amides is 1. The van der Waals surface area contributed by atoms with Crippen LogP contribution >= 0.6 is 0 Å². The lowest BCUT2D eigenvalue weighted by Crippen LogP contribution is -2.47. The van der Waals surface area contributed by atoms with Crippen LogP contribution in [0.5, 0.6) is 6.01 Å². The van der Waals surface area contributed by atoms with Gasteiger partial charge in [-0.15, -0.1) is 0 Å². The molecule has 8 nitrogen and oxygen atoms in total. The van der Waals surface area contributed by atoms with Crippen LogP contribution < -0.4 is 16.2 Å². The van der Waals surface area contributed by atoms with Crippen molar-refractivity contribution in [2.45, 2.75) is 77.2 Å². The van der Waals surface area contributed by atoms with E-state index in [9.17, 15) is 10.1 Å². The maximum Gasteiger partial charge on any atom is 0.318 e. The number of nitrogen functional groups attached to an aromatic ring is 1. The zero-order valence-electron chi connectivity index (χ0n) is 18.5. The van der Waals surface area contributed by atoms with Crippen LogP contribution in [0.2, 0.25) is 0 Å². The third-order valence-electron chi connectivity index (χ3n) is 6.20. The quantitative estimate of drug-likeness (QED) is 0.520. The van der Waals surface area contributed by atoms with E-state index in [1.165, 1.54) is 0 Å². The summed E-state index contributed by atoms with van der Waals surface area (Å²) in [6.07, 6.45) is 9.27. The van der Waals surface area contributed by atoms with E-state index in [1.807, 2.05) is 0 Å². The minimum Gasteiger partial charge on any atom is -0.463 e. The van der Waals surface area contributed by atoms with Crippen LogP contribution in [0, 0.1) is 11.3 Å². The number of primary amides is 1. The van der Waals surface area contributed by atoms with Crippen molar-refractivity contribution < 1.29 is 9.53 Å². The number of hydrogen-bond acceptors (Lipinski definition) is 7. The lowest BCUT2D eigenvalue weighted by atomic mass is 10.00. The summed E-state index contributed by atoms with van der Waals surface area (Å²) in [4.78, 5) is 22.7. The Morgan fingerprint density at radius 2 is 2.10 bits per heavy atom. The molecule has 0 saturated carbocycles. The summed E-state index contributed by atoms with van der Waals surface area (Å²) in [6.45, 7) is 4.49. The number of likely N-dealkylation sites (tertiary alicyclic amines) is 1. The number of fused-ring (bicyclic) bond motifs is 1.